The van der Waals surface area contributed by atoms with E-state index in [2.05, 4.69) is 10.3 Å². The van der Waals surface area contributed by atoms with E-state index in [1.807, 2.05) is 0 Å². The van der Waals surface area contributed by atoms with Gasteiger partial charge in [-0.05, 0) is 13.0 Å². The van der Waals surface area contributed by atoms with Crippen molar-refractivity contribution in [1.82, 2.24) is 15.0 Å². The summed E-state index contributed by atoms with van der Waals surface area (Å²) in [5.41, 5.74) is 0.923. The highest BCUT2D eigenvalue weighted by Crippen LogP contribution is 2.17. The molecule has 1 aromatic carbocycles. The van der Waals surface area contributed by atoms with Crippen molar-refractivity contribution in [2.45, 2.75) is 13.0 Å². The largest absolute Gasteiger partial charge is 0.387 e. The minimum absolute atomic E-state index is 0.0170. The second kappa shape index (κ2) is 4.30. The van der Waals surface area contributed by atoms with Crippen LogP contribution in [0.1, 0.15) is 18.7 Å². The highest BCUT2D eigenvalue weighted by molar-refractivity contribution is 5.42. The molecule has 0 spiro atoms. The molecule has 1 atom stereocenters. The molecule has 17 heavy (non-hydrogen) atoms. The van der Waals surface area contributed by atoms with Crippen LogP contribution in [0.3, 0.4) is 0 Å². The first-order chi connectivity index (χ1) is 8.08. The molecule has 7 nitrogen and oxygen atoms in total. The van der Waals surface area contributed by atoms with Gasteiger partial charge in [-0.15, -0.1) is 5.10 Å². The molecule has 0 saturated heterocycles. The molecule has 88 valence electrons. The molecule has 0 fully saturated rings. The topological polar surface area (TPSA) is 94.1 Å². The van der Waals surface area contributed by atoms with Gasteiger partial charge in [0.2, 0.25) is 0 Å². The molecule has 0 saturated carbocycles. The first-order valence-electron chi connectivity index (χ1n) is 4.93. The summed E-state index contributed by atoms with van der Waals surface area (Å²) in [4.78, 5) is 10.1. The zero-order chi connectivity index (χ0) is 12.4. The average Bonchev–Trinajstić information content (AvgIpc) is 2.78. The number of nitro benzene ring substituents is 1. The van der Waals surface area contributed by atoms with E-state index in [1.165, 1.54) is 23.0 Å². The van der Waals surface area contributed by atoms with Gasteiger partial charge in [0.05, 0.1) is 22.9 Å². The van der Waals surface area contributed by atoms with E-state index in [-0.39, 0.29) is 5.69 Å². The summed E-state index contributed by atoms with van der Waals surface area (Å²) in [6.07, 6.45) is 0.812. The minimum atomic E-state index is -0.720. The van der Waals surface area contributed by atoms with Gasteiger partial charge in [-0.1, -0.05) is 11.3 Å². The van der Waals surface area contributed by atoms with Crippen LogP contribution in [0.15, 0.2) is 30.5 Å². The van der Waals surface area contributed by atoms with E-state index in [9.17, 15) is 15.2 Å². The number of nitrogens with zero attached hydrogens (tertiary/aromatic N) is 4. The van der Waals surface area contributed by atoms with Crippen LogP contribution < -0.4 is 0 Å². The molecular formula is C10H10N4O3. The van der Waals surface area contributed by atoms with E-state index in [1.54, 1.807) is 19.1 Å². The molecular weight excluding hydrogens is 224 g/mol. The standard InChI is InChI=1S/C10H10N4O3/c1-7(15)10-6-13(12-11-10)8-3-2-4-9(5-8)14(16)17/h2-7,15H,1H3. The Labute approximate surface area is 96.5 Å². The van der Waals surface area contributed by atoms with Crippen LogP contribution in [-0.4, -0.2) is 25.0 Å². The maximum Gasteiger partial charge on any atom is 0.271 e. The fourth-order valence-electron chi connectivity index (χ4n) is 1.34. The number of aliphatic hydroxyl groups is 1. The fourth-order valence-corrected chi connectivity index (χ4v) is 1.34. The maximum atomic E-state index is 10.6. The second-order valence-corrected chi connectivity index (χ2v) is 3.54. The van der Waals surface area contributed by atoms with Crippen molar-refractivity contribution in [3.05, 3.63) is 46.3 Å². The first kappa shape index (κ1) is 11.2. The number of hydrogen-bond acceptors (Lipinski definition) is 5. The third kappa shape index (κ3) is 2.28. The zero-order valence-electron chi connectivity index (χ0n) is 9.02. The van der Waals surface area contributed by atoms with E-state index in [0.29, 0.717) is 11.4 Å². The van der Waals surface area contributed by atoms with Crippen LogP contribution in [0.25, 0.3) is 5.69 Å². The minimum Gasteiger partial charge on any atom is -0.387 e. The average molecular weight is 234 g/mol. The van der Waals surface area contributed by atoms with Gasteiger partial charge in [0.1, 0.15) is 5.69 Å². The molecule has 0 bridgehead atoms. The number of nitro groups is 1. The molecule has 0 aliphatic carbocycles. The number of aromatic nitrogens is 3. The highest BCUT2D eigenvalue weighted by Gasteiger charge is 2.10. The van der Waals surface area contributed by atoms with Crippen molar-refractivity contribution in [3.8, 4) is 5.69 Å². The lowest BCUT2D eigenvalue weighted by molar-refractivity contribution is -0.384. The van der Waals surface area contributed by atoms with E-state index in [0.717, 1.165) is 0 Å². The third-order valence-corrected chi connectivity index (χ3v) is 2.24. The second-order valence-electron chi connectivity index (χ2n) is 3.54. The van der Waals surface area contributed by atoms with E-state index >= 15 is 0 Å². The number of aliphatic hydroxyl groups excluding tert-OH is 1. The molecule has 0 aliphatic heterocycles. The molecule has 0 radical (unpaired) electrons. The van der Waals surface area contributed by atoms with Crippen LogP contribution in [-0.2, 0) is 0 Å². The van der Waals surface area contributed by atoms with Gasteiger partial charge < -0.3 is 5.11 Å². The Hall–Kier alpha value is -2.28. The van der Waals surface area contributed by atoms with E-state index < -0.39 is 11.0 Å². The monoisotopic (exact) mass is 234 g/mol. The van der Waals surface area contributed by atoms with Gasteiger partial charge in [-0.2, -0.15) is 0 Å². The summed E-state index contributed by atoms with van der Waals surface area (Å²) >= 11 is 0. The van der Waals surface area contributed by atoms with Gasteiger partial charge >= 0.3 is 0 Å². The van der Waals surface area contributed by atoms with Crippen LogP contribution >= 0.6 is 0 Å². The summed E-state index contributed by atoms with van der Waals surface area (Å²) in [6.45, 7) is 1.57. The Morgan fingerprint density at radius 3 is 2.88 bits per heavy atom. The van der Waals surface area contributed by atoms with Crippen molar-refractivity contribution in [2.75, 3.05) is 0 Å². The van der Waals surface area contributed by atoms with Crippen LogP contribution in [0, 0.1) is 10.1 Å². The zero-order valence-corrected chi connectivity index (χ0v) is 9.02. The number of benzene rings is 1. The van der Waals surface area contributed by atoms with Gasteiger partial charge in [0.15, 0.2) is 0 Å². The van der Waals surface area contributed by atoms with Crippen molar-refractivity contribution in [3.63, 3.8) is 0 Å². The van der Waals surface area contributed by atoms with Crippen molar-refractivity contribution in [1.29, 1.82) is 0 Å². The Kier molecular flexibility index (Phi) is 2.84. The smallest absolute Gasteiger partial charge is 0.271 e. The summed E-state index contributed by atoms with van der Waals surface area (Å²) in [5.74, 6) is 0. The summed E-state index contributed by atoms with van der Waals surface area (Å²) in [7, 11) is 0. The predicted molar refractivity (Wildman–Crippen MR) is 58.6 cm³/mol. The van der Waals surface area contributed by atoms with Crippen molar-refractivity contribution in [2.24, 2.45) is 0 Å². The number of non-ortho nitro benzene ring substituents is 1. The molecule has 0 aliphatic rings. The molecule has 0 amide bonds. The lowest BCUT2D eigenvalue weighted by Gasteiger charge is -1.99. The lowest BCUT2D eigenvalue weighted by Crippen LogP contribution is -1.96. The quantitative estimate of drug-likeness (QED) is 0.636. The van der Waals surface area contributed by atoms with Crippen LogP contribution in [0.2, 0.25) is 0 Å². The Bertz CT molecular complexity index is 550. The molecule has 1 unspecified atom stereocenters. The Balaban J connectivity index is 2.38. The summed E-state index contributed by atoms with van der Waals surface area (Å²) < 4.78 is 1.38. The molecule has 1 heterocycles. The van der Waals surface area contributed by atoms with Crippen LogP contribution in [0.4, 0.5) is 5.69 Å². The summed E-state index contributed by atoms with van der Waals surface area (Å²) in [6, 6.07) is 6.03. The van der Waals surface area contributed by atoms with Gasteiger partial charge in [0.25, 0.3) is 5.69 Å². The molecule has 2 rings (SSSR count). The Morgan fingerprint density at radius 2 is 2.29 bits per heavy atom. The van der Waals surface area contributed by atoms with Crippen LogP contribution in [0.5, 0.6) is 0 Å². The van der Waals surface area contributed by atoms with Gasteiger partial charge in [0, 0.05) is 12.1 Å². The predicted octanol–water partition coefficient (Wildman–Crippen LogP) is 1.23. The lowest BCUT2D eigenvalue weighted by atomic mass is 10.3. The molecule has 7 heteroatoms. The maximum absolute atomic E-state index is 10.6. The number of hydrogen-bond donors (Lipinski definition) is 1. The van der Waals surface area contributed by atoms with Gasteiger partial charge in [-0.3, -0.25) is 10.1 Å². The normalized spacial score (nSPS) is 12.4. The number of rotatable bonds is 3. The SMILES string of the molecule is CC(O)c1cn(-c2cccc([N+](=O)[O-])c2)nn1. The third-order valence-electron chi connectivity index (χ3n) is 2.24. The van der Waals surface area contributed by atoms with Gasteiger partial charge in [-0.25, -0.2) is 4.68 Å². The van der Waals surface area contributed by atoms with Crippen molar-refractivity contribution < 1.29 is 10.0 Å². The molecule has 1 N–H and O–H groups in total. The Morgan fingerprint density at radius 1 is 1.53 bits per heavy atom. The molecule has 1 aromatic heterocycles. The molecule has 2 aromatic rings. The fraction of sp³-hybridized carbons (Fsp3) is 0.200. The van der Waals surface area contributed by atoms with E-state index in [4.69, 9.17) is 0 Å². The highest BCUT2D eigenvalue weighted by atomic mass is 16.6. The van der Waals surface area contributed by atoms with Crippen molar-refractivity contribution >= 4 is 5.69 Å². The first-order valence-corrected chi connectivity index (χ1v) is 4.93. The summed E-state index contributed by atoms with van der Waals surface area (Å²) in [5, 5.41) is 27.5.